The fourth-order valence-electron chi connectivity index (χ4n) is 0.977. The predicted octanol–water partition coefficient (Wildman–Crippen LogP) is 1.50. The summed E-state index contributed by atoms with van der Waals surface area (Å²) < 4.78 is 35.6. The first-order chi connectivity index (χ1) is 4.61. The second kappa shape index (κ2) is 2.78. The molecule has 1 atom stereocenters. The first-order valence-corrected chi connectivity index (χ1v) is 3.22. The van der Waals surface area contributed by atoms with E-state index in [4.69, 9.17) is 0 Å². The highest BCUT2D eigenvalue weighted by molar-refractivity contribution is 4.86. The third kappa shape index (κ3) is 1.87. The van der Waals surface area contributed by atoms with Crippen LogP contribution in [0.5, 0.6) is 0 Å². The number of hydrogen-bond donors (Lipinski definition) is 1. The van der Waals surface area contributed by atoms with Crippen LogP contribution in [-0.4, -0.2) is 18.8 Å². The highest BCUT2D eigenvalue weighted by Crippen LogP contribution is 2.25. The second-order valence-corrected chi connectivity index (χ2v) is 2.36. The Bertz CT molecular complexity index is 104. The van der Waals surface area contributed by atoms with Gasteiger partial charge < -0.3 is 5.32 Å². The first-order valence-electron chi connectivity index (χ1n) is 3.22. The van der Waals surface area contributed by atoms with Crippen molar-refractivity contribution in [2.45, 2.75) is 25.1 Å². The Kier molecular flexibility index (Phi) is 2.18. The van der Waals surface area contributed by atoms with Gasteiger partial charge in [-0.1, -0.05) is 0 Å². The number of alkyl halides is 3. The maximum atomic E-state index is 11.9. The van der Waals surface area contributed by atoms with Crippen LogP contribution in [-0.2, 0) is 0 Å². The van der Waals surface area contributed by atoms with Crippen LogP contribution in [0.3, 0.4) is 0 Å². The average molecular weight is 152 g/mol. The molecule has 1 saturated heterocycles. The molecule has 0 aromatic rings. The lowest BCUT2D eigenvalue weighted by atomic mass is 10.1. The van der Waals surface area contributed by atoms with E-state index in [0.29, 0.717) is 6.54 Å². The van der Waals surface area contributed by atoms with Crippen LogP contribution in [0.15, 0.2) is 0 Å². The van der Waals surface area contributed by atoms with Crippen molar-refractivity contribution in [2.24, 2.45) is 0 Å². The largest absolute Gasteiger partial charge is 0.403 e. The Balaban J connectivity index is 2.39. The van der Waals surface area contributed by atoms with Crippen molar-refractivity contribution in [1.82, 2.24) is 5.32 Å². The van der Waals surface area contributed by atoms with Crippen LogP contribution in [0.25, 0.3) is 0 Å². The van der Waals surface area contributed by atoms with E-state index in [1.54, 1.807) is 6.42 Å². The summed E-state index contributed by atoms with van der Waals surface area (Å²) in [6, 6.07) is -1.30. The summed E-state index contributed by atoms with van der Waals surface area (Å²) in [5.74, 6) is 0. The van der Waals surface area contributed by atoms with Crippen LogP contribution >= 0.6 is 0 Å². The highest BCUT2D eigenvalue weighted by atomic mass is 19.4. The molecule has 1 aliphatic heterocycles. The zero-order valence-corrected chi connectivity index (χ0v) is 5.41. The van der Waals surface area contributed by atoms with E-state index in [1.807, 2.05) is 0 Å². The normalized spacial score (nSPS) is 28.5. The minimum Gasteiger partial charge on any atom is -0.306 e. The molecule has 0 spiro atoms. The molecule has 0 unspecified atom stereocenters. The zero-order valence-electron chi connectivity index (χ0n) is 5.41. The van der Waals surface area contributed by atoms with Gasteiger partial charge in [0.25, 0.3) is 0 Å². The molecule has 0 amide bonds. The minimum absolute atomic E-state index is 0.115. The van der Waals surface area contributed by atoms with Gasteiger partial charge in [0, 0.05) is 0 Å². The standard InChI is InChI=1S/C6H9F3N/c7-6(8,9)5-3-1-2-4-10-5/h1,5,10H,2-4H2/t5-/m0/s1. The van der Waals surface area contributed by atoms with Gasteiger partial charge >= 0.3 is 6.18 Å². The molecule has 59 valence electrons. The lowest BCUT2D eigenvalue weighted by molar-refractivity contribution is -0.157. The molecule has 1 N–H and O–H groups in total. The van der Waals surface area contributed by atoms with E-state index in [0.717, 1.165) is 6.42 Å². The van der Waals surface area contributed by atoms with Gasteiger partial charge in [0.15, 0.2) is 0 Å². The Hall–Kier alpha value is -0.250. The molecule has 0 aliphatic carbocycles. The van der Waals surface area contributed by atoms with Gasteiger partial charge in [-0.3, -0.25) is 0 Å². The summed E-state index contributed by atoms with van der Waals surface area (Å²) in [5.41, 5.74) is 0. The number of rotatable bonds is 0. The molecule has 4 heteroatoms. The molecule has 0 bridgehead atoms. The summed E-state index contributed by atoms with van der Waals surface area (Å²) in [6.45, 7) is 0.449. The van der Waals surface area contributed by atoms with Crippen molar-refractivity contribution in [3.63, 3.8) is 0 Å². The molecular weight excluding hydrogens is 143 g/mol. The molecular formula is C6H9F3N. The zero-order chi connectivity index (χ0) is 7.61. The molecule has 1 fully saturated rings. The van der Waals surface area contributed by atoms with Crippen LogP contribution in [0.1, 0.15) is 12.8 Å². The second-order valence-electron chi connectivity index (χ2n) is 2.36. The Morgan fingerprint density at radius 2 is 2.10 bits per heavy atom. The molecule has 0 aromatic carbocycles. The number of piperidine rings is 1. The SMILES string of the molecule is FC(F)(F)[C@@H]1C[CH]CCN1. The van der Waals surface area contributed by atoms with Crippen LogP contribution < -0.4 is 5.32 Å². The fourth-order valence-corrected chi connectivity index (χ4v) is 0.977. The summed E-state index contributed by atoms with van der Waals surface area (Å²) >= 11 is 0. The summed E-state index contributed by atoms with van der Waals surface area (Å²) in [4.78, 5) is 0. The van der Waals surface area contributed by atoms with Gasteiger partial charge in [0.1, 0.15) is 6.04 Å². The minimum atomic E-state index is -4.07. The molecule has 1 aliphatic rings. The Morgan fingerprint density at radius 1 is 1.40 bits per heavy atom. The smallest absolute Gasteiger partial charge is 0.306 e. The van der Waals surface area contributed by atoms with E-state index in [1.165, 1.54) is 0 Å². The fraction of sp³-hybridized carbons (Fsp3) is 0.833. The molecule has 1 radical (unpaired) electrons. The van der Waals surface area contributed by atoms with E-state index < -0.39 is 12.2 Å². The summed E-state index contributed by atoms with van der Waals surface area (Å²) in [6.07, 6.45) is -1.54. The molecule has 1 nitrogen and oxygen atoms in total. The quantitative estimate of drug-likeness (QED) is 0.554. The van der Waals surface area contributed by atoms with E-state index in [2.05, 4.69) is 5.32 Å². The van der Waals surface area contributed by atoms with E-state index >= 15 is 0 Å². The van der Waals surface area contributed by atoms with Crippen LogP contribution in [0.2, 0.25) is 0 Å². The first kappa shape index (κ1) is 7.85. The van der Waals surface area contributed by atoms with Crippen molar-refractivity contribution in [1.29, 1.82) is 0 Å². The summed E-state index contributed by atoms with van der Waals surface area (Å²) in [5, 5.41) is 2.40. The monoisotopic (exact) mass is 152 g/mol. The van der Waals surface area contributed by atoms with Crippen molar-refractivity contribution in [2.75, 3.05) is 6.54 Å². The van der Waals surface area contributed by atoms with Gasteiger partial charge in [-0.05, 0) is 25.8 Å². The maximum Gasteiger partial charge on any atom is 0.403 e. The number of hydrogen-bond acceptors (Lipinski definition) is 1. The predicted molar refractivity (Wildman–Crippen MR) is 31.4 cm³/mol. The number of nitrogens with one attached hydrogen (secondary N) is 1. The average Bonchev–Trinajstić information content (AvgIpc) is 1.88. The van der Waals surface area contributed by atoms with Crippen molar-refractivity contribution in [3.05, 3.63) is 6.42 Å². The van der Waals surface area contributed by atoms with Gasteiger partial charge in [0.2, 0.25) is 0 Å². The Morgan fingerprint density at radius 3 is 2.40 bits per heavy atom. The third-order valence-electron chi connectivity index (χ3n) is 1.54. The van der Waals surface area contributed by atoms with Crippen LogP contribution in [0, 0.1) is 6.42 Å². The molecule has 0 saturated carbocycles. The maximum absolute atomic E-state index is 11.9. The lowest BCUT2D eigenvalue weighted by Crippen LogP contribution is -2.45. The topological polar surface area (TPSA) is 12.0 Å². The highest BCUT2D eigenvalue weighted by Gasteiger charge is 2.39. The Labute approximate surface area is 57.6 Å². The van der Waals surface area contributed by atoms with Crippen LogP contribution in [0.4, 0.5) is 13.2 Å². The van der Waals surface area contributed by atoms with Gasteiger partial charge in [0.05, 0.1) is 0 Å². The third-order valence-corrected chi connectivity index (χ3v) is 1.54. The van der Waals surface area contributed by atoms with Gasteiger partial charge in [-0.15, -0.1) is 0 Å². The van der Waals surface area contributed by atoms with Crippen molar-refractivity contribution in [3.8, 4) is 0 Å². The van der Waals surface area contributed by atoms with E-state index in [-0.39, 0.29) is 6.42 Å². The van der Waals surface area contributed by atoms with E-state index in [9.17, 15) is 13.2 Å². The molecule has 1 rings (SSSR count). The molecule has 10 heavy (non-hydrogen) atoms. The molecule has 1 heterocycles. The van der Waals surface area contributed by atoms with Gasteiger partial charge in [-0.25, -0.2) is 0 Å². The molecule has 0 aromatic heterocycles. The summed E-state index contributed by atoms with van der Waals surface area (Å²) in [7, 11) is 0. The van der Waals surface area contributed by atoms with Crippen molar-refractivity contribution < 1.29 is 13.2 Å². The lowest BCUT2D eigenvalue weighted by Gasteiger charge is -2.25. The van der Waals surface area contributed by atoms with Crippen molar-refractivity contribution >= 4 is 0 Å². The number of halogens is 3. The van der Waals surface area contributed by atoms with Gasteiger partial charge in [-0.2, -0.15) is 13.2 Å².